The summed E-state index contributed by atoms with van der Waals surface area (Å²) in [5.41, 5.74) is 1.48. The number of nitrogens with two attached hydrogens (primary N) is 1. The van der Waals surface area contributed by atoms with Gasteiger partial charge in [0.25, 0.3) is 0 Å². The predicted octanol–water partition coefficient (Wildman–Crippen LogP) is 2.47. The van der Waals surface area contributed by atoms with Crippen LogP contribution in [0.3, 0.4) is 0 Å². The summed E-state index contributed by atoms with van der Waals surface area (Å²) in [6.45, 7) is 1.95. The van der Waals surface area contributed by atoms with E-state index in [0.29, 0.717) is 12.1 Å². The summed E-state index contributed by atoms with van der Waals surface area (Å²) < 4.78 is 22.4. The van der Waals surface area contributed by atoms with Crippen LogP contribution in [-0.4, -0.2) is 14.3 Å². The third kappa shape index (κ3) is 3.93. The molecule has 1 atom stereocenters. The van der Waals surface area contributed by atoms with Crippen molar-refractivity contribution in [2.24, 2.45) is 5.14 Å². The molecule has 0 radical (unpaired) electrons. The van der Waals surface area contributed by atoms with Crippen LogP contribution in [0.1, 0.15) is 24.8 Å². The molecular weight excluding hydrogens is 300 g/mol. The van der Waals surface area contributed by atoms with Crippen LogP contribution in [0.2, 0.25) is 0 Å². The number of anilines is 1. The van der Waals surface area contributed by atoms with Crippen molar-refractivity contribution in [1.82, 2.24) is 0 Å². The Morgan fingerprint density at radius 3 is 2.18 bits per heavy atom. The molecule has 0 aromatic heterocycles. The summed E-state index contributed by atoms with van der Waals surface area (Å²) >= 11 is 0. The minimum Gasteiger partial charge on any atom is -0.326 e. The van der Waals surface area contributed by atoms with Crippen molar-refractivity contribution in [3.8, 4) is 0 Å². The van der Waals surface area contributed by atoms with Gasteiger partial charge in [0, 0.05) is 5.69 Å². The summed E-state index contributed by atoms with van der Waals surface area (Å²) in [5, 5.41) is 7.83. The molecule has 0 saturated carbocycles. The molecule has 2 rings (SSSR count). The molecule has 116 valence electrons. The highest BCUT2D eigenvalue weighted by atomic mass is 32.2. The van der Waals surface area contributed by atoms with Crippen LogP contribution < -0.4 is 10.5 Å². The molecule has 0 aliphatic carbocycles. The Hall–Kier alpha value is -2.18. The Kier molecular flexibility index (Phi) is 4.95. The van der Waals surface area contributed by atoms with E-state index in [4.69, 9.17) is 5.14 Å². The average Bonchev–Trinajstić information content (AvgIpc) is 2.48. The van der Waals surface area contributed by atoms with Crippen molar-refractivity contribution in [3.05, 3.63) is 60.2 Å². The van der Waals surface area contributed by atoms with Gasteiger partial charge in [0.05, 0.1) is 10.8 Å². The zero-order chi connectivity index (χ0) is 16.2. The lowest BCUT2D eigenvalue weighted by molar-refractivity contribution is -0.117. The summed E-state index contributed by atoms with van der Waals surface area (Å²) in [4.78, 5) is 12.4. The molecule has 0 saturated heterocycles. The second-order valence-electron chi connectivity index (χ2n) is 4.93. The van der Waals surface area contributed by atoms with Crippen LogP contribution in [0.4, 0.5) is 5.69 Å². The summed E-state index contributed by atoms with van der Waals surface area (Å²) in [5.74, 6) is -0.379. The first-order valence-corrected chi connectivity index (χ1v) is 8.45. The number of rotatable bonds is 5. The minimum atomic E-state index is -3.72. The Labute approximate surface area is 130 Å². The van der Waals surface area contributed by atoms with E-state index >= 15 is 0 Å². The predicted molar refractivity (Wildman–Crippen MR) is 85.9 cm³/mol. The van der Waals surface area contributed by atoms with Gasteiger partial charge in [-0.25, -0.2) is 13.6 Å². The SMILES string of the molecule is CC[C@@H](C(=O)Nc1ccc(S(N)(=O)=O)cc1)c1ccccc1. The first-order chi connectivity index (χ1) is 10.4. The van der Waals surface area contributed by atoms with Gasteiger partial charge >= 0.3 is 0 Å². The van der Waals surface area contributed by atoms with Gasteiger partial charge in [-0.2, -0.15) is 0 Å². The highest BCUT2D eigenvalue weighted by Crippen LogP contribution is 2.22. The number of amides is 1. The molecule has 2 aromatic carbocycles. The van der Waals surface area contributed by atoms with E-state index in [1.54, 1.807) is 0 Å². The third-order valence-corrected chi connectivity index (χ3v) is 4.31. The van der Waals surface area contributed by atoms with Crippen LogP contribution in [0.5, 0.6) is 0 Å². The first-order valence-electron chi connectivity index (χ1n) is 6.90. The standard InChI is InChI=1S/C16H18N2O3S/c1-2-15(12-6-4-3-5-7-12)16(19)18-13-8-10-14(11-9-13)22(17,20)21/h3-11,15H,2H2,1H3,(H,18,19)(H2,17,20,21)/t15-/m1/s1. The van der Waals surface area contributed by atoms with Crippen molar-refractivity contribution in [2.45, 2.75) is 24.2 Å². The fraction of sp³-hybridized carbons (Fsp3) is 0.188. The molecule has 0 heterocycles. The average molecular weight is 318 g/mol. The number of hydrogen-bond acceptors (Lipinski definition) is 3. The van der Waals surface area contributed by atoms with Crippen molar-refractivity contribution >= 4 is 21.6 Å². The third-order valence-electron chi connectivity index (χ3n) is 3.38. The van der Waals surface area contributed by atoms with Crippen molar-refractivity contribution < 1.29 is 13.2 Å². The number of carbonyl (C=O) groups excluding carboxylic acids is 1. The molecule has 0 bridgehead atoms. The molecule has 0 aliphatic rings. The first kappa shape index (κ1) is 16.2. The van der Waals surface area contributed by atoms with E-state index in [0.717, 1.165) is 5.56 Å². The zero-order valence-corrected chi connectivity index (χ0v) is 13.0. The van der Waals surface area contributed by atoms with Crippen LogP contribution in [-0.2, 0) is 14.8 Å². The lowest BCUT2D eigenvalue weighted by atomic mass is 9.95. The van der Waals surface area contributed by atoms with Gasteiger partial charge in [-0.3, -0.25) is 4.79 Å². The van der Waals surface area contributed by atoms with Gasteiger partial charge in [0.1, 0.15) is 0 Å². The van der Waals surface area contributed by atoms with E-state index in [2.05, 4.69) is 5.32 Å². The molecule has 0 spiro atoms. The monoisotopic (exact) mass is 318 g/mol. The molecule has 2 aromatic rings. The molecule has 6 heteroatoms. The van der Waals surface area contributed by atoms with E-state index in [1.165, 1.54) is 24.3 Å². The van der Waals surface area contributed by atoms with Gasteiger partial charge in [-0.15, -0.1) is 0 Å². The maximum absolute atomic E-state index is 12.4. The highest BCUT2D eigenvalue weighted by molar-refractivity contribution is 7.89. The largest absolute Gasteiger partial charge is 0.326 e. The normalized spacial score (nSPS) is 12.6. The smallest absolute Gasteiger partial charge is 0.238 e. The molecule has 0 unspecified atom stereocenters. The summed E-state index contributed by atoms with van der Waals surface area (Å²) in [6.07, 6.45) is 0.672. The van der Waals surface area contributed by atoms with Gasteiger partial charge in [0.2, 0.25) is 15.9 Å². The van der Waals surface area contributed by atoms with Gasteiger partial charge < -0.3 is 5.32 Å². The minimum absolute atomic E-state index is 0.0144. The van der Waals surface area contributed by atoms with Gasteiger partial charge in [-0.05, 0) is 36.2 Å². The highest BCUT2D eigenvalue weighted by Gasteiger charge is 2.18. The lowest BCUT2D eigenvalue weighted by Gasteiger charge is -2.15. The molecule has 3 N–H and O–H groups in total. The van der Waals surface area contributed by atoms with Crippen LogP contribution >= 0.6 is 0 Å². The molecule has 0 fully saturated rings. The van der Waals surface area contributed by atoms with E-state index in [-0.39, 0.29) is 16.7 Å². The molecule has 1 amide bonds. The quantitative estimate of drug-likeness (QED) is 0.887. The van der Waals surface area contributed by atoms with Crippen LogP contribution in [0.25, 0.3) is 0 Å². The number of sulfonamides is 1. The molecule has 0 aliphatic heterocycles. The number of nitrogens with one attached hydrogen (secondary N) is 1. The number of hydrogen-bond donors (Lipinski definition) is 2. The molecular formula is C16H18N2O3S. The second-order valence-corrected chi connectivity index (χ2v) is 6.49. The number of benzene rings is 2. The van der Waals surface area contributed by atoms with Crippen molar-refractivity contribution in [3.63, 3.8) is 0 Å². The second kappa shape index (κ2) is 6.72. The Bertz CT molecular complexity index is 741. The van der Waals surface area contributed by atoms with E-state index in [1.807, 2.05) is 37.3 Å². The van der Waals surface area contributed by atoms with Crippen molar-refractivity contribution in [1.29, 1.82) is 0 Å². The Morgan fingerprint density at radius 2 is 1.68 bits per heavy atom. The summed E-state index contributed by atoms with van der Waals surface area (Å²) in [7, 11) is -3.72. The van der Waals surface area contributed by atoms with Crippen LogP contribution in [0, 0.1) is 0 Å². The van der Waals surface area contributed by atoms with Crippen LogP contribution in [0.15, 0.2) is 59.5 Å². The fourth-order valence-electron chi connectivity index (χ4n) is 2.22. The molecule has 22 heavy (non-hydrogen) atoms. The maximum Gasteiger partial charge on any atom is 0.238 e. The zero-order valence-electron chi connectivity index (χ0n) is 12.2. The number of primary sulfonamides is 1. The van der Waals surface area contributed by atoms with E-state index in [9.17, 15) is 13.2 Å². The number of carbonyl (C=O) groups is 1. The fourth-order valence-corrected chi connectivity index (χ4v) is 2.73. The Morgan fingerprint density at radius 1 is 1.09 bits per heavy atom. The van der Waals surface area contributed by atoms with Crippen molar-refractivity contribution in [2.75, 3.05) is 5.32 Å². The van der Waals surface area contributed by atoms with E-state index < -0.39 is 10.0 Å². The maximum atomic E-state index is 12.4. The van der Waals surface area contributed by atoms with Gasteiger partial charge in [0.15, 0.2) is 0 Å². The Balaban J connectivity index is 2.14. The molecule has 5 nitrogen and oxygen atoms in total. The lowest BCUT2D eigenvalue weighted by Crippen LogP contribution is -2.20. The topological polar surface area (TPSA) is 89.3 Å². The van der Waals surface area contributed by atoms with Gasteiger partial charge in [-0.1, -0.05) is 37.3 Å². The summed E-state index contributed by atoms with van der Waals surface area (Å²) in [6, 6.07) is 15.3.